The quantitative estimate of drug-likeness (QED) is 0.220. The summed E-state index contributed by atoms with van der Waals surface area (Å²) in [5.41, 5.74) is 2.42. The van der Waals surface area contributed by atoms with Crippen molar-refractivity contribution < 1.29 is 14.3 Å². The average molecular weight is 484 g/mol. The average Bonchev–Trinajstić information content (AvgIpc) is 3.30. The van der Waals surface area contributed by atoms with Gasteiger partial charge in [0.05, 0.1) is 18.4 Å². The van der Waals surface area contributed by atoms with Gasteiger partial charge in [-0.05, 0) is 43.4 Å². The van der Waals surface area contributed by atoms with E-state index in [0.717, 1.165) is 43.2 Å². The summed E-state index contributed by atoms with van der Waals surface area (Å²) in [6.07, 6.45) is 10.2. The fraction of sp³-hybridized carbons (Fsp3) is 0.348. The monoisotopic (exact) mass is 483 g/mol. The Balaban J connectivity index is 1.50. The van der Waals surface area contributed by atoms with Gasteiger partial charge in [-0.2, -0.15) is 0 Å². The van der Waals surface area contributed by atoms with E-state index >= 15 is 0 Å². The summed E-state index contributed by atoms with van der Waals surface area (Å²) in [6, 6.07) is 3.72. The molecule has 4 rings (SSSR count). The Labute approximate surface area is 200 Å². The van der Waals surface area contributed by atoms with E-state index in [1.807, 2.05) is 16.7 Å². The van der Waals surface area contributed by atoms with E-state index in [0.29, 0.717) is 28.1 Å². The van der Waals surface area contributed by atoms with Crippen LogP contribution in [0, 0.1) is 0 Å². The number of aryl methyl sites for hydroxylation is 1. The molecule has 0 aromatic carbocycles. The molecule has 8 nitrogen and oxygen atoms in total. The van der Waals surface area contributed by atoms with Crippen LogP contribution in [0.5, 0.6) is 0 Å². The Morgan fingerprint density at radius 2 is 2.03 bits per heavy atom. The molecule has 3 aromatic rings. The molecule has 0 fully saturated rings. The number of thioether (sulfide) groups is 1. The van der Waals surface area contributed by atoms with Gasteiger partial charge in [0.1, 0.15) is 5.00 Å². The molecule has 1 N–H and O–H groups in total. The zero-order valence-electron chi connectivity index (χ0n) is 18.4. The van der Waals surface area contributed by atoms with Crippen LogP contribution in [-0.2, 0) is 28.9 Å². The zero-order valence-corrected chi connectivity index (χ0v) is 20.0. The fourth-order valence-corrected chi connectivity index (χ4v) is 5.89. The minimum atomic E-state index is -0.398. The van der Waals surface area contributed by atoms with E-state index in [1.54, 1.807) is 18.5 Å². The second kappa shape index (κ2) is 10.8. The second-order valence-corrected chi connectivity index (χ2v) is 9.59. The van der Waals surface area contributed by atoms with Gasteiger partial charge >= 0.3 is 5.97 Å². The third-order valence-electron chi connectivity index (χ3n) is 5.36. The molecule has 0 saturated carbocycles. The fourth-order valence-electron chi connectivity index (χ4n) is 3.85. The van der Waals surface area contributed by atoms with E-state index < -0.39 is 5.97 Å². The van der Waals surface area contributed by atoms with Gasteiger partial charge in [-0.25, -0.2) is 4.79 Å². The van der Waals surface area contributed by atoms with Crippen molar-refractivity contribution in [1.82, 2.24) is 19.7 Å². The number of ether oxygens (including phenoxy) is 1. The lowest BCUT2D eigenvalue weighted by atomic mass is 10.1. The lowest BCUT2D eigenvalue weighted by molar-refractivity contribution is -0.113. The van der Waals surface area contributed by atoms with Crippen molar-refractivity contribution >= 4 is 40.0 Å². The van der Waals surface area contributed by atoms with Crippen molar-refractivity contribution in [1.29, 1.82) is 0 Å². The number of carbonyl (C=O) groups is 2. The van der Waals surface area contributed by atoms with Gasteiger partial charge in [-0.1, -0.05) is 24.3 Å². The molecule has 0 atom stereocenters. The van der Waals surface area contributed by atoms with E-state index in [1.165, 1.54) is 35.1 Å². The standard InChI is InChI=1S/C23H25N5O3S2/c1-3-13-28-20(15-9-11-24-12-10-15)26-27-23(28)32-14-18(29)25-21-19(22(30)31-2)16-7-5-4-6-8-17(16)33-21/h3,9-12H,1,4-8,13-14H2,2H3,(H,25,29). The first kappa shape index (κ1) is 23.2. The molecular formula is C23H25N5O3S2. The van der Waals surface area contributed by atoms with Crippen molar-refractivity contribution in [3.63, 3.8) is 0 Å². The third kappa shape index (κ3) is 5.17. The number of esters is 1. The highest BCUT2D eigenvalue weighted by Crippen LogP contribution is 2.38. The SMILES string of the molecule is C=CCn1c(SCC(=O)Nc2sc3c(c2C(=O)OC)CCCCC3)nnc1-c1ccncc1. The number of aromatic nitrogens is 4. The molecule has 0 saturated heterocycles. The van der Waals surface area contributed by atoms with Gasteiger partial charge in [0, 0.05) is 29.4 Å². The van der Waals surface area contributed by atoms with Gasteiger partial charge in [0.15, 0.2) is 11.0 Å². The minimum Gasteiger partial charge on any atom is -0.465 e. The predicted octanol–water partition coefficient (Wildman–Crippen LogP) is 4.37. The number of pyridine rings is 1. The maximum Gasteiger partial charge on any atom is 0.341 e. The predicted molar refractivity (Wildman–Crippen MR) is 130 cm³/mol. The van der Waals surface area contributed by atoms with Crippen LogP contribution in [0.2, 0.25) is 0 Å². The number of fused-ring (bicyclic) bond motifs is 1. The van der Waals surface area contributed by atoms with Crippen molar-refractivity contribution in [3.8, 4) is 11.4 Å². The molecule has 0 radical (unpaired) electrons. The van der Waals surface area contributed by atoms with E-state index in [4.69, 9.17) is 4.74 Å². The van der Waals surface area contributed by atoms with Crippen LogP contribution < -0.4 is 5.32 Å². The molecular weight excluding hydrogens is 458 g/mol. The van der Waals surface area contributed by atoms with Crippen LogP contribution >= 0.6 is 23.1 Å². The number of amides is 1. The lowest BCUT2D eigenvalue weighted by Crippen LogP contribution is -2.16. The summed E-state index contributed by atoms with van der Waals surface area (Å²) < 4.78 is 6.93. The first-order chi connectivity index (χ1) is 16.1. The Bertz CT molecular complexity index is 1160. The molecule has 172 valence electrons. The van der Waals surface area contributed by atoms with Gasteiger partial charge in [-0.15, -0.1) is 28.1 Å². The number of carbonyl (C=O) groups excluding carboxylic acids is 2. The molecule has 0 spiro atoms. The van der Waals surface area contributed by atoms with Gasteiger partial charge in [0.25, 0.3) is 0 Å². The summed E-state index contributed by atoms with van der Waals surface area (Å²) in [5, 5.41) is 12.7. The second-order valence-electron chi connectivity index (χ2n) is 7.54. The van der Waals surface area contributed by atoms with Gasteiger partial charge in [-0.3, -0.25) is 14.3 Å². The van der Waals surface area contributed by atoms with Gasteiger partial charge < -0.3 is 10.1 Å². The zero-order chi connectivity index (χ0) is 23.2. The number of allylic oxidation sites excluding steroid dienone is 1. The first-order valence-corrected chi connectivity index (χ1v) is 12.5. The van der Waals surface area contributed by atoms with Crippen LogP contribution in [0.1, 0.15) is 40.1 Å². The normalized spacial score (nSPS) is 13.1. The molecule has 0 unspecified atom stereocenters. The van der Waals surface area contributed by atoms with Crippen LogP contribution in [0.4, 0.5) is 5.00 Å². The highest BCUT2D eigenvalue weighted by molar-refractivity contribution is 7.99. The molecule has 1 amide bonds. The Hall–Kier alpha value is -2.98. The molecule has 3 heterocycles. The van der Waals surface area contributed by atoms with Crippen molar-refractivity contribution in [2.24, 2.45) is 0 Å². The number of anilines is 1. The topological polar surface area (TPSA) is 99.0 Å². The minimum absolute atomic E-state index is 0.134. The van der Waals surface area contributed by atoms with E-state index in [2.05, 4.69) is 27.1 Å². The molecule has 0 aliphatic heterocycles. The number of rotatable bonds is 8. The number of nitrogens with one attached hydrogen (secondary N) is 1. The summed E-state index contributed by atoms with van der Waals surface area (Å²) in [7, 11) is 1.37. The van der Waals surface area contributed by atoms with Crippen LogP contribution in [0.3, 0.4) is 0 Å². The number of hydrogen-bond donors (Lipinski definition) is 1. The van der Waals surface area contributed by atoms with Gasteiger partial charge in [0.2, 0.25) is 5.91 Å². The third-order valence-corrected chi connectivity index (χ3v) is 7.54. The smallest absolute Gasteiger partial charge is 0.341 e. The largest absolute Gasteiger partial charge is 0.465 e. The number of methoxy groups -OCH3 is 1. The van der Waals surface area contributed by atoms with E-state index in [9.17, 15) is 9.59 Å². The number of nitrogens with zero attached hydrogens (tertiary/aromatic N) is 4. The molecule has 3 aromatic heterocycles. The maximum atomic E-state index is 12.8. The molecule has 33 heavy (non-hydrogen) atoms. The van der Waals surface area contributed by atoms with Crippen LogP contribution in [-0.4, -0.2) is 44.5 Å². The summed E-state index contributed by atoms with van der Waals surface area (Å²) in [5.74, 6) is 0.217. The van der Waals surface area contributed by atoms with E-state index in [-0.39, 0.29) is 11.7 Å². The summed E-state index contributed by atoms with van der Waals surface area (Å²) in [4.78, 5) is 30.5. The lowest BCUT2D eigenvalue weighted by Gasteiger charge is -2.09. The van der Waals surface area contributed by atoms with Crippen LogP contribution in [0.15, 0.2) is 42.3 Å². The molecule has 1 aliphatic rings. The summed E-state index contributed by atoms with van der Waals surface area (Å²) >= 11 is 2.78. The Morgan fingerprint density at radius 1 is 1.24 bits per heavy atom. The summed E-state index contributed by atoms with van der Waals surface area (Å²) in [6.45, 7) is 4.33. The number of hydrogen-bond acceptors (Lipinski definition) is 8. The van der Waals surface area contributed by atoms with Crippen molar-refractivity contribution in [2.45, 2.75) is 43.8 Å². The maximum absolute atomic E-state index is 12.8. The molecule has 10 heteroatoms. The highest BCUT2D eigenvalue weighted by Gasteiger charge is 2.26. The van der Waals surface area contributed by atoms with Crippen LogP contribution in [0.25, 0.3) is 11.4 Å². The highest BCUT2D eigenvalue weighted by atomic mass is 32.2. The molecule has 1 aliphatic carbocycles. The first-order valence-electron chi connectivity index (χ1n) is 10.7. The molecule has 0 bridgehead atoms. The Morgan fingerprint density at radius 3 is 2.79 bits per heavy atom. The Kier molecular flexibility index (Phi) is 7.56. The van der Waals surface area contributed by atoms with Crippen molar-refractivity contribution in [3.05, 3.63) is 53.2 Å². The van der Waals surface area contributed by atoms with Crippen molar-refractivity contribution in [2.75, 3.05) is 18.2 Å². The number of thiophene rings is 1.